The summed E-state index contributed by atoms with van der Waals surface area (Å²) in [4.78, 5) is 9.40. The summed E-state index contributed by atoms with van der Waals surface area (Å²) < 4.78 is 12.9. The van der Waals surface area contributed by atoms with E-state index in [4.69, 9.17) is 14.5 Å². The van der Waals surface area contributed by atoms with Gasteiger partial charge >= 0.3 is 0 Å². The van der Waals surface area contributed by atoms with Gasteiger partial charge in [-0.05, 0) is 62.6 Å². The summed E-state index contributed by atoms with van der Waals surface area (Å²) in [5.74, 6) is 1.41. The molecular formula is C25H28N4O3. The number of methoxy groups -OCH3 is 1. The molecule has 0 fully saturated rings. The highest BCUT2D eigenvalue weighted by Gasteiger charge is 2.14. The predicted octanol–water partition coefficient (Wildman–Crippen LogP) is 4.34. The van der Waals surface area contributed by atoms with Crippen LogP contribution < -0.4 is 4.74 Å². The number of pyridine rings is 2. The van der Waals surface area contributed by atoms with Gasteiger partial charge in [-0.1, -0.05) is 12.1 Å². The van der Waals surface area contributed by atoms with Crippen molar-refractivity contribution < 1.29 is 14.6 Å². The van der Waals surface area contributed by atoms with Crippen LogP contribution in [0.1, 0.15) is 31.2 Å². The molecule has 7 nitrogen and oxygen atoms in total. The van der Waals surface area contributed by atoms with Gasteiger partial charge in [-0.3, -0.25) is 4.98 Å². The lowest BCUT2D eigenvalue weighted by atomic mass is 10.1. The first-order valence-corrected chi connectivity index (χ1v) is 10.9. The van der Waals surface area contributed by atoms with E-state index in [9.17, 15) is 5.11 Å². The Balaban J connectivity index is 1.75. The van der Waals surface area contributed by atoms with Crippen molar-refractivity contribution in [2.45, 2.75) is 32.8 Å². The van der Waals surface area contributed by atoms with E-state index in [2.05, 4.69) is 22.2 Å². The SMILES string of the molecule is CCOc1cc(-c2cccc(CCCCOC)n2)cc2c1cnn2-c1cccc(CO)n1. The van der Waals surface area contributed by atoms with E-state index in [-0.39, 0.29) is 6.61 Å². The van der Waals surface area contributed by atoms with Crippen LogP contribution in [0.15, 0.2) is 54.7 Å². The fourth-order valence-corrected chi connectivity index (χ4v) is 3.71. The molecule has 0 saturated carbocycles. The van der Waals surface area contributed by atoms with E-state index >= 15 is 0 Å². The molecule has 0 bridgehead atoms. The van der Waals surface area contributed by atoms with Gasteiger partial charge in [0, 0.05) is 25.0 Å². The summed E-state index contributed by atoms with van der Waals surface area (Å²) >= 11 is 0. The number of hydrogen-bond acceptors (Lipinski definition) is 6. The van der Waals surface area contributed by atoms with Gasteiger partial charge in [0.2, 0.25) is 0 Å². The number of ether oxygens (including phenoxy) is 2. The van der Waals surface area contributed by atoms with Crippen molar-refractivity contribution in [1.29, 1.82) is 0 Å². The first kappa shape index (κ1) is 21.9. The minimum atomic E-state index is -0.121. The molecular weight excluding hydrogens is 404 g/mol. The normalized spacial score (nSPS) is 11.2. The number of aliphatic hydroxyl groups excluding tert-OH is 1. The molecule has 0 atom stereocenters. The minimum absolute atomic E-state index is 0.121. The van der Waals surface area contributed by atoms with Crippen LogP contribution in [0.2, 0.25) is 0 Å². The van der Waals surface area contributed by atoms with Gasteiger partial charge in [0.05, 0.1) is 41.7 Å². The van der Waals surface area contributed by atoms with Crippen LogP contribution in [0.25, 0.3) is 28.0 Å². The number of aliphatic hydroxyl groups is 1. The third-order valence-corrected chi connectivity index (χ3v) is 5.26. The van der Waals surface area contributed by atoms with Gasteiger partial charge in [-0.2, -0.15) is 5.10 Å². The Labute approximate surface area is 187 Å². The number of unbranched alkanes of at least 4 members (excludes halogenated alkanes) is 1. The summed E-state index contributed by atoms with van der Waals surface area (Å²) in [5, 5.41) is 14.9. The van der Waals surface area contributed by atoms with Crippen LogP contribution >= 0.6 is 0 Å². The highest BCUT2D eigenvalue weighted by molar-refractivity contribution is 5.90. The van der Waals surface area contributed by atoms with Crippen LogP contribution in [0, 0.1) is 0 Å². The smallest absolute Gasteiger partial charge is 0.154 e. The van der Waals surface area contributed by atoms with Gasteiger partial charge in [-0.15, -0.1) is 0 Å². The molecule has 0 radical (unpaired) electrons. The Morgan fingerprint density at radius 2 is 1.84 bits per heavy atom. The standard InChI is InChI=1S/C25H28N4O3/c1-3-32-24-15-18(22-11-6-9-19(27-22)8-4-5-13-31-2)14-23-21(24)16-26-29(23)25-12-7-10-20(17-30)28-25/h6-7,9-12,14-16,30H,3-5,8,13,17H2,1-2H3. The largest absolute Gasteiger partial charge is 0.493 e. The van der Waals surface area contributed by atoms with Crippen molar-refractivity contribution in [3.8, 4) is 22.8 Å². The van der Waals surface area contributed by atoms with E-state index in [0.717, 1.165) is 59.5 Å². The van der Waals surface area contributed by atoms with Crippen molar-refractivity contribution in [3.05, 3.63) is 66.1 Å². The lowest BCUT2D eigenvalue weighted by molar-refractivity contribution is 0.193. The molecule has 1 aromatic carbocycles. The zero-order valence-corrected chi connectivity index (χ0v) is 18.5. The van der Waals surface area contributed by atoms with Gasteiger partial charge in [-0.25, -0.2) is 9.67 Å². The summed E-state index contributed by atoms with van der Waals surface area (Å²) in [7, 11) is 1.73. The van der Waals surface area contributed by atoms with Crippen molar-refractivity contribution in [3.63, 3.8) is 0 Å². The van der Waals surface area contributed by atoms with E-state index in [1.807, 2.05) is 37.3 Å². The second kappa shape index (κ2) is 10.3. The number of aromatic nitrogens is 4. The molecule has 0 amide bonds. The summed E-state index contributed by atoms with van der Waals surface area (Å²) in [6, 6.07) is 15.7. The van der Waals surface area contributed by atoms with E-state index in [0.29, 0.717) is 18.1 Å². The first-order valence-electron chi connectivity index (χ1n) is 10.9. The summed E-state index contributed by atoms with van der Waals surface area (Å²) in [6.07, 6.45) is 4.75. The molecule has 1 N–H and O–H groups in total. The number of aryl methyl sites for hydroxylation is 1. The van der Waals surface area contributed by atoms with Gasteiger partial charge in [0.15, 0.2) is 5.82 Å². The Morgan fingerprint density at radius 3 is 2.66 bits per heavy atom. The Bertz CT molecular complexity index is 1190. The lowest BCUT2D eigenvalue weighted by Crippen LogP contribution is -2.02. The molecule has 166 valence electrons. The summed E-state index contributed by atoms with van der Waals surface area (Å²) in [6.45, 7) is 3.16. The maximum absolute atomic E-state index is 9.47. The molecule has 32 heavy (non-hydrogen) atoms. The average molecular weight is 433 g/mol. The molecule has 0 aliphatic heterocycles. The first-order chi connectivity index (χ1) is 15.7. The molecule has 4 aromatic rings. The average Bonchev–Trinajstić information content (AvgIpc) is 3.27. The second-order valence-corrected chi connectivity index (χ2v) is 7.51. The number of benzene rings is 1. The zero-order chi connectivity index (χ0) is 22.3. The zero-order valence-electron chi connectivity index (χ0n) is 18.5. The van der Waals surface area contributed by atoms with Crippen LogP contribution in [-0.4, -0.2) is 45.2 Å². The quantitative estimate of drug-likeness (QED) is 0.375. The fraction of sp³-hybridized carbons (Fsp3) is 0.320. The molecule has 7 heteroatoms. The van der Waals surface area contributed by atoms with Gasteiger partial charge in [0.25, 0.3) is 0 Å². The van der Waals surface area contributed by atoms with Gasteiger partial charge < -0.3 is 14.6 Å². The highest BCUT2D eigenvalue weighted by atomic mass is 16.5. The number of rotatable bonds is 10. The number of fused-ring (bicyclic) bond motifs is 1. The van der Waals surface area contributed by atoms with Crippen LogP contribution in [0.5, 0.6) is 5.75 Å². The fourth-order valence-electron chi connectivity index (χ4n) is 3.71. The highest BCUT2D eigenvalue weighted by Crippen LogP contribution is 2.33. The third-order valence-electron chi connectivity index (χ3n) is 5.26. The van der Waals surface area contributed by atoms with Crippen molar-refractivity contribution in [2.75, 3.05) is 20.3 Å². The number of hydrogen-bond donors (Lipinski definition) is 1. The van der Waals surface area contributed by atoms with Crippen LogP contribution in [-0.2, 0) is 17.8 Å². The lowest BCUT2D eigenvalue weighted by Gasteiger charge is -2.11. The Morgan fingerprint density at radius 1 is 1.00 bits per heavy atom. The molecule has 3 aromatic heterocycles. The van der Waals surface area contributed by atoms with Crippen LogP contribution in [0.4, 0.5) is 0 Å². The molecule has 3 heterocycles. The van der Waals surface area contributed by atoms with Crippen molar-refractivity contribution >= 4 is 10.9 Å². The number of nitrogens with zero attached hydrogens (tertiary/aromatic N) is 4. The maximum Gasteiger partial charge on any atom is 0.154 e. The molecule has 0 aliphatic carbocycles. The summed E-state index contributed by atoms with van der Waals surface area (Å²) in [5.41, 5.74) is 4.38. The van der Waals surface area contributed by atoms with Crippen molar-refractivity contribution in [2.24, 2.45) is 0 Å². The molecule has 0 saturated heterocycles. The Kier molecular flexibility index (Phi) is 7.09. The Hall–Kier alpha value is -3.29. The second-order valence-electron chi connectivity index (χ2n) is 7.51. The van der Waals surface area contributed by atoms with E-state index in [1.54, 1.807) is 24.1 Å². The van der Waals surface area contributed by atoms with E-state index in [1.165, 1.54) is 0 Å². The van der Waals surface area contributed by atoms with Crippen LogP contribution in [0.3, 0.4) is 0 Å². The minimum Gasteiger partial charge on any atom is -0.493 e. The van der Waals surface area contributed by atoms with Gasteiger partial charge in [0.1, 0.15) is 5.75 Å². The topological polar surface area (TPSA) is 82.3 Å². The monoisotopic (exact) mass is 432 g/mol. The maximum atomic E-state index is 9.47. The molecule has 4 rings (SSSR count). The molecule has 0 aliphatic rings. The van der Waals surface area contributed by atoms with E-state index < -0.39 is 0 Å². The molecule has 0 unspecified atom stereocenters. The predicted molar refractivity (Wildman–Crippen MR) is 124 cm³/mol. The van der Waals surface area contributed by atoms with Crippen molar-refractivity contribution in [1.82, 2.24) is 19.7 Å². The third kappa shape index (κ3) is 4.79. The molecule has 0 spiro atoms.